The summed E-state index contributed by atoms with van der Waals surface area (Å²) in [5.41, 5.74) is 1.15. The number of rotatable bonds is 12. The highest BCUT2D eigenvalue weighted by atomic mass is 16.1. The van der Waals surface area contributed by atoms with Gasteiger partial charge in [0.15, 0.2) is 0 Å². The first-order chi connectivity index (χ1) is 12.7. The molecule has 0 aromatic rings. The van der Waals surface area contributed by atoms with Gasteiger partial charge in [-0.15, -0.1) is 0 Å². The monoisotopic (exact) mass is 408 g/mol. The van der Waals surface area contributed by atoms with Gasteiger partial charge in [0, 0.05) is 5.92 Å². The van der Waals surface area contributed by atoms with E-state index in [0.29, 0.717) is 23.2 Å². The second-order valence-electron chi connectivity index (χ2n) is 13.9. The summed E-state index contributed by atoms with van der Waals surface area (Å²) in [6.07, 6.45) is 4.55. The molecule has 0 fully saturated rings. The van der Waals surface area contributed by atoms with Gasteiger partial charge in [-0.05, 0) is 64.1 Å². The molecule has 0 rings (SSSR count). The first-order valence-electron chi connectivity index (χ1n) is 12.1. The van der Waals surface area contributed by atoms with Gasteiger partial charge in [-0.3, -0.25) is 0 Å². The van der Waals surface area contributed by atoms with E-state index in [1.54, 1.807) is 0 Å². The van der Waals surface area contributed by atoms with Crippen molar-refractivity contribution in [3.8, 4) is 0 Å². The molecule has 0 saturated heterocycles. The van der Waals surface area contributed by atoms with Crippen molar-refractivity contribution in [3.63, 3.8) is 0 Å². The van der Waals surface area contributed by atoms with E-state index in [-0.39, 0.29) is 27.6 Å². The summed E-state index contributed by atoms with van der Waals surface area (Å²) in [6, 6.07) is 0. The Labute approximate surface area is 185 Å². The third kappa shape index (κ3) is 6.57. The van der Waals surface area contributed by atoms with Crippen LogP contribution in [0.5, 0.6) is 0 Å². The van der Waals surface area contributed by atoms with Crippen LogP contribution in [0.3, 0.4) is 0 Å². The van der Waals surface area contributed by atoms with Crippen LogP contribution in [0.1, 0.15) is 123 Å². The molecule has 3 atom stereocenters. The number of hydrogen-bond acceptors (Lipinski definition) is 1. The van der Waals surface area contributed by atoms with Crippen molar-refractivity contribution in [1.82, 2.24) is 0 Å². The Morgan fingerprint density at radius 2 is 0.931 bits per heavy atom. The lowest BCUT2D eigenvalue weighted by molar-refractivity contribution is -0.112. The van der Waals surface area contributed by atoms with Crippen LogP contribution in [0.25, 0.3) is 0 Å². The third-order valence-corrected chi connectivity index (χ3v) is 10.2. The predicted molar refractivity (Wildman–Crippen MR) is 131 cm³/mol. The molecular weight excluding hydrogens is 352 g/mol. The van der Waals surface area contributed by atoms with Crippen LogP contribution < -0.4 is 0 Å². The van der Waals surface area contributed by atoms with E-state index >= 15 is 0 Å². The van der Waals surface area contributed by atoms with E-state index in [2.05, 4.69) is 104 Å². The molecule has 0 amide bonds. The van der Waals surface area contributed by atoms with E-state index in [0.717, 1.165) is 12.7 Å². The molecule has 0 radical (unpaired) electrons. The first kappa shape index (κ1) is 28.7. The summed E-state index contributed by atoms with van der Waals surface area (Å²) in [6.45, 7) is 36.1. The van der Waals surface area contributed by atoms with Crippen LogP contribution >= 0.6 is 0 Å². The Hall–Kier alpha value is -0.330. The smallest absolute Gasteiger partial charge is 0.122 e. The minimum atomic E-state index is 0.123. The Kier molecular flexibility index (Phi) is 9.33. The third-order valence-electron chi connectivity index (χ3n) is 10.2. The summed E-state index contributed by atoms with van der Waals surface area (Å²) in [5, 5.41) is 0. The quantitative estimate of drug-likeness (QED) is 0.294. The molecule has 0 aliphatic rings. The summed E-state index contributed by atoms with van der Waals surface area (Å²) < 4.78 is 0. The number of hydrogen-bond donors (Lipinski definition) is 0. The number of carbonyl (C=O) groups is 1. The molecule has 0 saturated carbocycles. The molecule has 174 valence electrons. The molecule has 3 unspecified atom stereocenters. The molecule has 0 heterocycles. The van der Waals surface area contributed by atoms with Crippen LogP contribution in [-0.2, 0) is 4.79 Å². The maximum atomic E-state index is 11.3. The zero-order valence-corrected chi connectivity index (χ0v) is 22.9. The summed E-state index contributed by atoms with van der Waals surface area (Å²) in [7, 11) is 0. The van der Waals surface area contributed by atoms with Gasteiger partial charge in [-0.25, -0.2) is 0 Å². The topological polar surface area (TPSA) is 17.1 Å². The zero-order valence-electron chi connectivity index (χ0n) is 22.9. The SMILES string of the molecule is CC(C=O)CC(C)(C)C(C)(C)C(C)CC(C)(C)C(C)(C)C(C)CC(C)(C)C(C)C. The lowest BCUT2D eigenvalue weighted by atomic mass is 9.51. The van der Waals surface area contributed by atoms with E-state index in [9.17, 15) is 4.79 Å². The van der Waals surface area contributed by atoms with Crippen molar-refractivity contribution in [2.45, 2.75) is 123 Å². The van der Waals surface area contributed by atoms with Gasteiger partial charge in [0.2, 0.25) is 0 Å². The second kappa shape index (κ2) is 9.44. The minimum Gasteiger partial charge on any atom is -0.303 e. The molecule has 0 aromatic carbocycles. The minimum absolute atomic E-state index is 0.123. The van der Waals surface area contributed by atoms with Crippen LogP contribution in [0.2, 0.25) is 0 Å². The predicted octanol–water partition coefficient (Wildman–Crippen LogP) is 9.05. The average Bonchev–Trinajstić information content (AvgIpc) is 2.52. The molecule has 0 aromatic heterocycles. The van der Waals surface area contributed by atoms with Crippen LogP contribution in [-0.4, -0.2) is 6.29 Å². The van der Waals surface area contributed by atoms with Gasteiger partial charge < -0.3 is 4.79 Å². The number of aldehydes is 1. The van der Waals surface area contributed by atoms with Crippen molar-refractivity contribution in [3.05, 3.63) is 0 Å². The fraction of sp³-hybridized carbons (Fsp3) is 0.964. The molecular formula is C28H56O. The van der Waals surface area contributed by atoms with Gasteiger partial charge >= 0.3 is 0 Å². The maximum absolute atomic E-state index is 11.3. The van der Waals surface area contributed by atoms with Crippen molar-refractivity contribution in [2.24, 2.45) is 50.7 Å². The fourth-order valence-electron chi connectivity index (χ4n) is 5.01. The summed E-state index contributed by atoms with van der Waals surface area (Å²) in [5.74, 6) is 2.06. The zero-order chi connectivity index (χ0) is 23.6. The average molecular weight is 409 g/mol. The Morgan fingerprint density at radius 3 is 1.28 bits per heavy atom. The molecule has 29 heavy (non-hydrogen) atoms. The Morgan fingerprint density at radius 1 is 0.586 bits per heavy atom. The van der Waals surface area contributed by atoms with Crippen molar-refractivity contribution in [2.75, 3.05) is 0 Å². The maximum Gasteiger partial charge on any atom is 0.122 e. The molecule has 0 aliphatic carbocycles. The van der Waals surface area contributed by atoms with Gasteiger partial charge in [0.25, 0.3) is 0 Å². The molecule has 0 spiro atoms. The van der Waals surface area contributed by atoms with Crippen molar-refractivity contribution >= 4 is 6.29 Å². The molecule has 0 N–H and O–H groups in total. The summed E-state index contributed by atoms with van der Waals surface area (Å²) >= 11 is 0. The van der Waals surface area contributed by atoms with E-state index in [1.165, 1.54) is 12.8 Å². The molecule has 0 bridgehead atoms. The Bertz CT molecular complexity index is 518. The van der Waals surface area contributed by atoms with Gasteiger partial charge in [0.05, 0.1) is 0 Å². The van der Waals surface area contributed by atoms with Crippen LogP contribution in [0.15, 0.2) is 0 Å². The highest BCUT2D eigenvalue weighted by Gasteiger charge is 2.48. The van der Waals surface area contributed by atoms with Gasteiger partial charge in [0.1, 0.15) is 6.29 Å². The first-order valence-corrected chi connectivity index (χ1v) is 12.1. The lowest BCUT2D eigenvalue weighted by Crippen LogP contribution is -2.45. The van der Waals surface area contributed by atoms with Crippen molar-refractivity contribution < 1.29 is 4.79 Å². The van der Waals surface area contributed by atoms with E-state index in [4.69, 9.17) is 0 Å². The molecule has 1 heteroatoms. The van der Waals surface area contributed by atoms with Crippen LogP contribution in [0.4, 0.5) is 0 Å². The summed E-state index contributed by atoms with van der Waals surface area (Å²) in [4.78, 5) is 11.3. The largest absolute Gasteiger partial charge is 0.303 e. The van der Waals surface area contributed by atoms with Gasteiger partial charge in [-0.2, -0.15) is 0 Å². The molecule has 1 nitrogen and oxygen atoms in total. The van der Waals surface area contributed by atoms with Crippen LogP contribution in [0, 0.1) is 50.7 Å². The lowest BCUT2D eigenvalue weighted by Gasteiger charge is -2.53. The Balaban J connectivity index is 5.56. The molecule has 0 aliphatic heterocycles. The highest BCUT2D eigenvalue weighted by Crippen LogP contribution is 2.56. The van der Waals surface area contributed by atoms with E-state index < -0.39 is 0 Å². The highest BCUT2D eigenvalue weighted by molar-refractivity contribution is 5.52. The fourth-order valence-corrected chi connectivity index (χ4v) is 5.01. The van der Waals surface area contributed by atoms with Gasteiger partial charge in [-0.1, -0.05) is 104 Å². The number of carbonyl (C=O) groups excluding carboxylic acids is 1. The second-order valence-corrected chi connectivity index (χ2v) is 13.9. The van der Waals surface area contributed by atoms with Crippen molar-refractivity contribution in [1.29, 1.82) is 0 Å². The normalized spacial score (nSPS) is 17.9. The standard InChI is InChI=1S/C28H56O/c1-20(2)24(6,7)17-22(4)27(12,13)26(10,11)18-23(5)28(14,15)25(8,9)16-21(3)19-29/h19-23H,16-18H2,1-15H3. The van der Waals surface area contributed by atoms with E-state index in [1.807, 2.05) is 0 Å².